The maximum atomic E-state index is 2.78. The Kier molecular flexibility index (Phi) is 11.0. The minimum Gasteiger partial charge on any atom is -0.311 e. The molecular formula is C74H85BN2S. The van der Waals surface area contributed by atoms with Gasteiger partial charge in [0.05, 0.1) is 5.00 Å². The van der Waals surface area contributed by atoms with Crippen LogP contribution in [0, 0.1) is 0 Å². The van der Waals surface area contributed by atoms with Gasteiger partial charge in [-0.3, -0.25) is 0 Å². The molecule has 13 rings (SSSR count). The van der Waals surface area contributed by atoms with Gasteiger partial charge in [0, 0.05) is 33.1 Å². The van der Waals surface area contributed by atoms with Crippen LogP contribution < -0.4 is 26.2 Å². The first-order valence-corrected chi connectivity index (χ1v) is 30.6. The van der Waals surface area contributed by atoms with E-state index in [2.05, 4.69) is 261 Å². The summed E-state index contributed by atoms with van der Waals surface area (Å²) in [6.07, 6.45) is 7.07. The van der Waals surface area contributed by atoms with Gasteiger partial charge in [0.15, 0.2) is 0 Å². The molecule has 3 heterocycles. The second-order valence-electron chi connectivity index (χ2n) is 31.0. The third-order valence-electron chi connectivity index (χ3n) is 20.7. The number of rotatable bonds is 3. The zero-order chi connectivity index (χ0) is 55.4. The number of thiophene rings is 1. The van der Waals surface area contributed by atoms with Gasteiger partial charge in [-0.1, -0.05) is 185 Å². The van der Waals surface area contributed by atoms with E-state index in [0.29, 0.717) is 0 Å². The van der Waals surface area contributed by atoms with Gasteiger partial charge in [-0.25, -0.2) is 0 Å². The molecule has 5 aliphatic rings. The average Bonchev–Trinajstić information content (AvgIpc) is 1.98. The monoisotopic (exact) mass is 1040 g/mol. The Labute approximate surface area is 473 Å². The Morgan fingerprint density at radius 2 is 0.910 bits per heavy atom. The van der Waals surface area contributed by atoms with Gasteiger partial charge in [-0.2, -0.15) is 0 Å². The van der Waals surface area contributed by atoms with Crippen molar-refractivity contribution in [2.75, 3.05) is 9.80 Å². The number of benzene rings is 7. The van der Waals surface area contributed by atoms with E-state index in [-0.39, 0.29) is 50.0 Å². The lowest BCUT2D eigenvalue weighted by Crippen LogP contribution is -2.61. The van der Waals surface area contributed by atoms with Crippen LogP contribution >= 0.6 is 11.3 Å². The van der Waals surface area contributed by atoms with E-state index >= 15 is 0 Å². The zero-order valence-corrected chi connectivity index (χ0v) is 51.4. The van der Waals surface area contributed by atoms with E-state index in [0.717, 1.165) is 6.42 Å². The molecule has 0 unspecified atom stereocenters. The molecule has 78 heavy (non-hydrogen) atoms. The smallest absolute Gasteiger partial charge is 0.254 e. The fourth-order valence-corrected chi connectivity index (χ4v) is 16.4. The number of nitrogens with zero attached hydrogens (tertiary/aromatic N) is 2. The molecule has 0 saturated heterocycles. The molecule has 0 N–H and O–H groups in total. The van der Waals surface area contributed by atoms with Gasteiger partial charge in [-0.05, 0) is 225 Å². The molecule has 1 aromatic heterocycles. The van der Waals surface area contributed by atoms with E-state index in [1.807, 2.05) is 0 Å². The van der Waals surface area contributed by atoms with Crippen LogP contribution in [0.3, 0.4) is 0 Å². The van der Waals surface area contributed by atoms with Crippen molar-refractivity contribution in [3.63, 3.8) is 0 Å². The van der Waals surface area contributed by atoms with Crippen molar-refractivity contribution in [3.8, 4) is 11.1 Å². The summed E-state index contributed by atoms with van der Waals surface area (Å²) in [5.41, 5.74) is 25.3. The Balaban J connectivity index is 1.23. The Morgan fingerprint density at radius 3 is 1.50 bits per heavy atom. The first kappa shape index (κ1) is 51.8. The molecule has 0 spiro atoms. The van der Waals surface area contributed by atoms with E-state index in [1.165, 1.54) is 158 Å². The van der Waals surface area contributed by atoms with Crippen molar-refractivity contribution >= 4 is 88.7 Å². The molecule has 2 aliphatic heterocycles. The van der Waals surface area contributed by atoms with Crippen molar-refractivity contribution in [1.29, 1.82) is 0 Å². The molecule has 0 fully saturated rings. The zero-order valence-electron chi connectivity index (χ0n) is 50.6. The topological polar surface area (TPSA) is 6.48 Å². The van der Waals surface area contributed by atoms with Gasteiger partial charge in [0.1, 0.15) is 0 Å². The molecule has 8 aromatic rings. The molecule has 4 heteroatoms. The van der Waals surface area contributed by atoms with Gasteiger partial charge < -0.3 is 9.80 Å². The van der Waals surface area contributed by atoms with Crippen LogP contribution in [-0.4, -0.2) is 6.71 Å². The Hall–Kier alpha value is -5.58. The van der Waals surface area contributed by atoms with Gasteiger partial charge in [0.25, 0.3) is 6.71 Å². The summed E-state index contributed by atoms with van der Waals surface area (Å²) in [6, 6.07) is 47.3. The second kappa shape index (κ2) is 16.5. The highest BCUT2D eigenvalue weighted by molar-refractivity contribution is 7.26. The maximum Gasteiger partial charge on any atom is 0.254 e. The lowest BCUT2D eigenvalue weighted by atomic mass is 9.33. The third-order valence-corrected chi connectivity index (χ3v) is 21.9. The molecule has 3 aliphatic carbocycles. The highest BCUT2D eigenvalue weighted by Crippen LogP contribution is 2.56. The van der Waals surface area contributed by atoms with E-state index < -0.39 is 0 Å². The van der Waals surface area contributed by atoms with Crippen molar-refractivity contribution in [1.82, 2.24) is 0 Å². The van der Waals surface area contributed by atoms with Crippen LogP contribution in [0.5, 0.6) is 0 Å². The van der Waals surface area contributed by atoms with Crippen LogP contribution in [0.4, 0.5) is 33.4 Å². The van der Waals surface area contributed by atoms with Gasteiger partial charge >= 0.3 is 0 Å². The molecule has 400 valence electrons. The maximum absolute atomic E-state index is 2.78. The molecule has 0 amide bonds. The summed E-state index contributed by atoms with van der Waals surface area (Å²) < 4.78 is 1.41. The van der Waals surface area contributed by atoms with Gasteiger partial charge in [0.2, 0.25) is 0 Å². The minimum atomic E-state index is -0.0686. The van der Waals surface area contributed by atoms with Crippen LogP contribution in [-0.2, 0) is 43.3 Å². The van der Waals surface area contributed by atoms with Crippen LogP contribution in [0.2, 0.25) is 0 Å². The van der Waals surface area contributed by atoms with E-state index in [4.69, 9.17) is 0 Å². The highest BCUT2D eigenvalue weighted by Gasteiger charge is 2.50. The molecule has 7 aromatic carbocycles. The first-order chi connectivity index (χ1) is 36.4. The van der Waals surface area contributed by atoms with Crippen LogP contribution in [0.25, 0.3) is 32.0 Å². The summed E-state index contributed by atoms with van der Waals surface area (Å²) in [7, 11) is 0. The molecule has 0 atom stereocenters. The van der Waals surface area contributed by atoms with Crippen molar-refractivity contribution in [2.45, 2.75) is 206 Å². The molecule has 0 bridgehead atoms. The average molecular weight is 1050 g/mol. The summed E-state index contributed by atoms with van der Waals surface area (Å²) >= 11 is 2.05. The highest BCUT2D eigenvalue weighted by atomic mass is 32.1. The number of hydrogen-bond donors (Lipinski definition) is 0. The SMILES string of the molecule is CC(C)(C)c1cc(N2c3cc4c(cc3B3c5c2cc(-c2cccc6ccccc26)cc5N(c2ccc5c(c2)C(C)(C)CCC5(C)C)c2sc5cc6c(cc5c23)C(C)(C)CCC6(C)C)C(C)(C)CCC4(C)C)cc(C(C)(C)C)c1. The Morgan fingerprint density at radius 1 is 0.410 bits per heavy atom. The number of hydrogen-bond acceptors (Lipinski definition) is 3. The largest absolute Gasteiger partial charge is 0.311 e. The minimum absolute atomic E-state index is 0.00685. The fourth-order valence-electron chi connectivity index (χ4n) is 15.1. The predicted octanol–water partition coefficient (Wildman–Crippen LogP) is 19.4. The molecule has 0 radical (unpaired) electrons. The van der Waals surface area contributed by atoms with Crippen molar-refractivity contribution in [2.24, 2.45) is 0 Å². The molecule has 2 nitrogen and oxygen atoms in total. The quantitative estimate of drug-likeness (QED) is 0.163. The fraction of sp³-hybridized carbons (Fsp3) is 0.432. The van der Waals surface area contributed by atoms with Crippen molar-refractivity contribution < 1.29 is 0 Å². The third kappa shape index (κ3) is 7.74. The van der Waals surface area contributed by atoms with Gasteiger partial charge in [-0.15, -0.1) is 11.3 Å². The molecular weight excluding hydrogens is 960 g/mol. The standard InChI is InChI=1S/C74H85BN2S/c1-67(2,3)46-36-47(68(4,5)6)38-49(37-46)76-60-42-57-56(72(13,14)31-32-73(57,15)16)41-59(60)75-64-52-40-55-58(74(17,18)33-30-71(55,11)12)43-63(52)78-66(64)77(48-26-27-53-54(39-48)70(9,10)29-28-69(53,7)8)62-35-45(34-61(76)65(62)75)51-25-21-23-44-22-19-20-24-50(44)51/h19-27,34-43H,28-33H2,1-18H3. The predicted molar refractivity (Wildman–Crippen MR) is 342 cm³/mol. The second-order valence-corrected chi connectivity index (χ2v) is 32.1. The van der Waals surface area contributed by atoms with Crippen LogP contribution in [0.1, 0.15) is 208 Å². The van der Waals surface area contributed by atoms with E-state index in [9.17, 15) is 0 Å². The normalized spacial score (nSPS) is 19.9. The van der Waals surface area contributed by atoms with Crippen molar-refractivity contribution in [3.05, 3.63) is 160 Å². The summed E-state index contributed by atoms with van der Waals surface area (Å²) in [5, 5.41) is 5.36. The summed E-state index contributed by atoms with van der Waals surface area (Å²) in [6.45, 7) is 44.4. The summed E-state index contributed by atoms with van der Waals surface area (Å²) in [4.78, 5) is 5.55. The number of anilines is 6. The first-order valence-electron chi connectivity index (χ1n) is 29.7. The van der Waals surface area contributed by atoms with Crippen LogP contribution in [0.15, 0.2) is 115 Å². The lowest BCUT2D eigenvalue weighted by Gasteiger charge is -2.47. The molecule has 0 saturated carbocycles. The number of fused-ring (bicyclic) bond motifs is 10. The summed E-state index contributed by atoms with van der Waals surface area (Å²) in [5.74, 6) is 0. The lowest BCUT2D eigenvalue weighted by molar-refractivity contribution is 0.332. The Bertz CT molecular complexity index is 3820. The van der Waals surface area contributed by atoms with E-state index in [1.54, 1.807) is 0 Å².